The van der Waals surface area contributed by atoms with Gasteiger partial charge in [-0.1, -0.05) is 36.4 Å². The summed E-state index contributed by atoms with van der Waals surface area (Å²) in [6.07, 6.45) is 1.66. The summed E-state index contributed by atoms with van der Waals surface area (Å²) in [5.41, 5.74) is 7.75. The smallest absolute Gasteiger partial charge is 0.221 e. The van der Waals surface area contributed by atoms with Crippen LogP contribution in [0, 0.1) is 0 Å². The molecule has 0 unspecified atom stereocenters. The molecule has 0 atom stereocenters. The van der Waals surface area contributed by atoms with Crippen LogP contribution in [0.1, 0.15) is 0 Å². The van der Waals surface area contributed by atoms with E-state index in [2.05, 4.69) is 9.97 Å². The van der Waals surface area contributed by atoms with Crippen molar-refractivity contribution in [2.75, 3.05) is 10.6 Å². The highest BCUT2D eigenvalue weighted by Crippen LogP contribution is 2.32. The third kappa shape index (κ3) is 2.44. The predicted octanol–water partition coefficient (Wildman–Crippen LogP) is 3.53. The van der Waals surface area contributed by atoms with E-state index >= 15 is 0 Å². The molecule has 1 heterocycles. The lowest BCUT2D eigenvalue weighted by molar-refractivity contribution is 1.12. The monoisotopic (exact) mass is 262 g/mol. The molecule has 3 rings (SSSR count). The molecule has 98 valence electrons. The minimum absolute atomic E-state index is 0.263. The maximum atomic E-state index is 5.70. The van der Waals surface area contributed by atoms with Gasteiger partial charge in [0.15, 0.2) is 0 Å². The van der Waals surface area contributed by atoms with Crippen LogP contribution in [0.3, 0.4) is 0 Å². The molecule has 0 amide bonds. The summed E-state index contributed by atoms with van der Waals surface area (Å²) in [6, 6.07) is 21.9. The molecule has 1 aromatic heterocycles. The molecule has 0 aliphatic rings. The van der Waals surface area contributed by atoms with Gasteiger partial charge in [-0.3, -0.25) is 4.90 Å². The molecule has 0 radical (unpaired) electrons. The third-order valence-corrected chi connectivity index (χ3v) is 2.92. The van der Waals surface area contributed by atoms with Crippen LogP contribution in [0.4, 0.5) is 23.1 Å². The Balaban J connectivity index is 2.14. The first-order chi connectivity index (χ1) is 9.84. The van der Waals surface area contributed by atoms with E-state index < -0.39 is 0 Å². The maximum Gasteiger partial charge on any atom is 0.221 e. The van der Waals surface area contributed by atoms with Crippen molar-refractivity contribution >= 4 is 23.1 Å². The number of hydrogen-bond donors (Lipinski definition) is 1. The van der Waals surface area contributed by atoms with E-state index in [1.54, 1.807) is 6.20 Å². The van der Waals surface area contributed by atoms with Gasteiger partial charge in [0.05, 0.1) is 0 Å². The summed E-state index contributed by atoms with van der Waals surface area (Å²) in [5, 5.41) is 0. The van der Waals surface area contributed by atoms with E-state index in [0.717, 1.165) is 17.2 Å². The summed E-state index contributed by atoms with van der Waals surface area (Å²) in [4.78, 5) is 10.3. The molecule has 4 heteroatoms. The van der Waals surface area contributed by atoms with E-state index in [0.29, 0.717) is 0 Å². The van der Waals surface area contributed by atoms with Crippen LogP contribution in [0.25, 0.3) is 0 Å². The van der Waals surface area contributed by atoms with Crippen LogP contribution in [-0.2, 0) is 0 Å². The topological polar surface area (TPSA) is 55.0 Å². The van der Waals surface area contributed by atoms with Crippen molar-refractivity contribution < 1.29 is 0 Å². The molecule has 2 aromatic carbocycles. The molecule has 20 heavy (non-hydrogen) atoms. The molecule has 0 saturated heterocycles. The summed E-state index contributed by atoms with van der Waals surface area (Å²) >= 11 is 0. The van der Waals surface area contributed by atoms with Gasteiger partial charge < -0.3 is 5.73 Å². The van der Waals surface area contributed by atoms with Gasteiger partial charge in [-0.05, 0) is 30.3 Å². The van der Waals surface area contributed by atoms with Crippen LogP contribution in [0.2, 0.25) is 0 Å². The molecule has 2 N–H and O–H groups in total. The SMILES string of the molecule is Nc1nccc(N(c2ccccc2)c2ccccc2)n1. The second-order valence-corrected chi connectivity index (χ2v) is 4.28. The lowest BCUT2D eigenvalue weighted by Gasteiger charge is -2.23. The Morgan fingerprint density at radius 2 is 1.30 bits per heavy atom. The number of nitrogen functional groups attached to an aromatic ring is 1. The molecule has 0 saturated carbocycles. The standard InChI is InChI=1S/C16H14N4/c17-16-18-12-11-15(19-16)20(13-7-3-1-4-8-13)14-9-5-2-6-10-14/h1-12H,(H2,17,18,19). The Kier molecular flexibility index (Phi) is 3.29. The van der Waals surface area contributed by atoms with Gasteiger partial charge in [-0.2, -0.15) is 4.98 Å². The number of anilines is 4. The fraction of sp³-hybridized carbons (Fsp3) is 0. The van der Waals surface area contributed by atoms with Crippen molar-refractivity contribution in [2.24, 2.45) is 0 Å². The van der Waals surface area contributed by atoms with Crippen LogP contribution < -0.4 is 10.6 Å². The maximum absolute atomic E-state index is 5.70. The average Bonchev–Trinajstić information content (AvgIpc) is 2.50. The first-order valence-electron chi connectivity index (χ1n) is 6.33. The first kappa shape index (κ1) is 12.2. The molecule has 0 aliphatic carbocycles. The van der Waals surface area contributed by atoms with Gasteiger partial charge in [-0.25, -0.2) is 4.98 Å². The molecular weight excluding hydrogens is 248 g/mol. The van der Waals surface area contributed by atoms with Crippen LogP contribution in [-0.4, -0.2) is 9.97 Å². The Hall–Kier alpha value is -2.88. The zero-order valence-electron chi connectivity index (χ0n) is 10.8. The predicted molar refractivity (Wildman–Crippen MR) is 81.1 cm³/mol. The lowest BCUT2D eigenvalue weighted by Crippen LogP contribution is -2.12. The third-order valence-electron chi connectivity index (χ3n) is 2.92. The van der Waals surface area contributed by atoms with Gasteiger partial charge >= 0.3 is 0 Å². The van der Waals surface area contributed by atoms with Gasteiger partial charge in [0.1, 0.15) is 5.82 Å². The van der Waals surface area contributed by atoms with Crippen LogP contribution >= 0.6 is 0 Å². The molecular formula is C16H14N4. The normalized spacial score (nSPS) is 10.2. The Morgan fingerprint density at radius 3 is 1.80 bits per heavy atom. The van der Waals surface area contributed by atoms with Crippen molar-refractivity contribution in [1.82, 2.24) is 9.97 Å². The van der Waals surface area contributed by atoms with Crippen molar-refractivity contribution in [3.63, 3.8) is 0 Å². The van der Waals surface area contributed by atoms with Gasteiger partial charge in [-0.15, -0.1) is 0 Å². The Morgan fingerprint density at radius 1 is 0.750 bits per heavy atom. The number of nitrogens with two attached hydrogens (primary N) is 1. The molecule has 0 bridgehead atoms. The van der Waals surface area contributed by atoms with Gasteiger partial charge in [0.25, 0.3) is 0 Å². The Bertz CT molecular complexity index is 644. The second-order valence-electron chi connectivity index (χ2n) is 4.28. The minimum Gasteiger partial charge on any atom is -0.368 e. The summed E-state index contributed by atoms with van der Waals surface area (Å²) in [6.45, 7) is 0. The highest BCUT2D eigenvalue weighted by atomic mass is 15.2. The zero-order valence-corrected chi connectivity index (χ0v) is 10.8. The van der Waals surface area contributed by atoms with Crippen molar-refractivity contribution in [3.8, 4) is 0 Å². The number of rotatable bonds is 3. The van der Waals surface area contributed by atoms with Crippen molar-refractivity contribution in [3.05, 3.63) is 72.9 Å². The van der Waals surface area contributed by atoms with Crippen LogP contribution in [0.5, 0.6) is 0 Å². The number of hydrogen-bond acceptors (Lipinski definition) is 4. The molecule has 0 fully saturated rings. The fourth-order valence-electron chi connectivity index (χ4n) is 2.06. The number of benzene rings is 2. The van der Waals surface area contributed by atoms with E-state index in [4.69, 9.17) is 5.73 Å². The van der Waals surface area contributed by atoms with Gasteiger partial charge in [0.2, 0.25) is 5.95 Å². The zero-order chi connectivity index (χ0) is 13.8. The first-order valence-corrected chi connectivity index (χ1v) is 6.33. The average molecular weight is 262 g/mol. The fourth-order valence-corrected chi connectivity index (χ4v) is 2.06. The quantitative estimate of drug-likeness (QED) is 0.784. The Labute approximate surface area is 117 Å². The largest absolute Gasteiger partial charge is 0.368 e. The van der Waals surface area contributed by atoms with E-state index in [1.165, 1.54) is 0 Å². The molecule has 0 spiro atoms. The molecule has 3 aromatic rings. The summed E-state index contributed by atoms with van der Waals surface area (Å²) in [7, 11) is 0. The lowest BCUT2D eigenvalue weighted by atomic mass is 10.2. The van der Waals surface area contributed by atoms with Gasteiger partial charge in [0, 0.05) is 17.6 Å². The highest BCUT2D eigenvalue weighted by molar-refractivity contribution is 5.74. The van der Waals surface area contributed by atoms with E-state index in [9.17, 15) is 0 Å². The van der Waals surface area contributed by atoms with Crippen molar-refractivity contribution in [1.29, 1.82) is 0 Å². The highest BCUT2D eigenvalue weighted by Gasteiger charge is 2.12. The minimum atomic E-state index is 0.263. The second kappa shape index (κ2) is 5.40. The molecule has 0 aliphatic heterocycles. The van der Waals surface area contributed by atoms with E-state index in [-0.39, 0.29) is 5.95 Å². The van der Waals surface area contributed by atoms with E-state index in [1.807, 2.05) is 71.6 Å². The number of nitrogens with zero attached hydrogens (tertiary/aromatic N) is 3. The summed E-state index contributed by atoms with van der Waals surface area (Å²) in [5.74, 6) is 1.01. The van der Waals surface area contributed by atoms with Crippen LogP contribution in [0.15, 0.2) is 72.9 Å². The summed E-state index contributed by atoms with van der Waals surface area (Å²) < 4.78 is 0. The number of para-hydroxylation sites is 2. The number of aromatic nitrogens is 2. The molecule has 4 nitrogen and oxygen atoms in total. The van der Waals surface area contributed by atoms with Crippen molar-refractivity contribution in [2.45, 2.75) is 0 Å².